The van der Waals surface area contributed by atoms with Crippen LogP contribution in [-0.2, 0) is 6.54 Å². The van der Waals surface area contributed by atoms with Crippen LogP contribution in [0.4, 0.5) is 26.6 Å². The van der Waals surface area contributed by atoms with E-state index in [1.54, 1.807) is 49.6 Å². The zero-order valence-electron chi connectivity index (χ0n) is 27.2. The SMILES string of the molecule is COc1ccc(OC)c(CN(C(=O)Oc2ccc(Cl)cc2OC)c2ccnc(Nc3ccc(OCCCN4CCCCC4)c(F)c3)n2)c1. The predicted molar refractivity (Wildman–Crippen MR) is 182 cm³/mol. The van der Waals surface area contributed by atoms with Crippen LogP contribution in [0.1, 0.15) is 31.2 Å². The zero-order chi connectivity index (χ0) is 33.9. The molecule has 0 aliphatic carbocycles. The molecule has 48 heavy (non-hydrogen) atoms. The molecule has 0 bridgehead atoms. The molecule has 254 valence electrons. The first-order valence-corrected chi connectivity index (χ1v) is 16.0. The van der Waals surface area contributed by atoms with Crippen molar-refractivity contribution >= 4 is 35.1 Å². The Hall–Kier alpha value is -4.81. The summed E-state index contributed by atoms with van der Waals surface area (Å²) in [6.45, 7) is 3.59. The van der Waals surface area contributed by atoms with Crippen molar-refractivity contribution in [3.8, 4) is 28.7 Å². The van der Waals surface area contributed by atoms with E-state index in [2.05, 4.69) is 20.2 Å². The third-order valence-electron chi connectivity index (χ3n) is 7.79. The van der Waals surface area contributed by atoms with Gasteiger partial charge in [0, 0.05) is 41.1 Å². The van der Waals surface area contributed by atoms with E-state index in [1.807, 2.05) is 0 Å². The van der Waals surface area contributed by atoms with Gasteiger partial charge in [-0.05, 0) is 80.9 Å². The Kier molecular flexibility index (Phi) is 12.1. The van der Waals surface area contributed by atoms with E-state index in [9.17, 15) is 9.18 Å². The van der Waals surface area contributed by atoms with Crippen LogP contribution < -0.4 is 33.9 Å². The molecule has 1 fully saturated rings. The molecule has 11 nitrogen and oxygen atoms in total. The summed E-state index contributed by atoms with van der Waals surface area (Å²) in [6.07, 6.45) is 5.29. The van der Waals surface area contributed by atoms with Crippen molar-refractivity contribution in [1.82, 2.24) is 14.9 Å². The number of carbonyl (C=O) groups is 1. The van der Waals surface area contributed by atoms with Gasteiger partial charge in [0.05, 0.1) is 34.5 Å². The maximum Gasteiger partial charge on any atom is 0.421 e. The minimum atomic E-state index is -0.766. The Morgan fingerprint density at radius 1 is 0.917 bits per heavy atom. The average molecular weight is 680 g/mol. The topological polar surface area (TPSA) is 108 Å². The molecule has 2 heterocycles. The summed E-state index contributed by atoms with van der Waals surface area (Å²) in [6, 6.07) is 16.0. The van der Waals surface area contributed by atoms with Crippen LogP contribution in [0.2, 0.25) is 5.02 Å². The van der Waals surface area contributed by atoms with E-state index >= 15 is 0 Å². The van der Waals surface area contributed by atoms with Gasteiger partial charge in [-0.2, -0.15) is 4.98 Å². The lowest BCUT2D eigenvalue weighted by molar-refractivity contribution is 0.203. The van der Waals surface area contributed by atoms with Gasteiger partial charge in [0.15, 0.2) is 23.1 Å². The number of rotatable bonds is 14. The fourth-order valence-corrected chi connectivity index (χ4v) is 5.49. The third kappa shape index (κ3) is 9.17. The highest BCUT2D eigenvalue weighted by atomic mass is 35.5. The molecule has 0 radical (unpaired) electrons. The summed E-state index contributed by atoms with van der Waals surface area (Å²) in [7, 11) is 4.53. The van der Waals surface area contributed by atoms with E-state index in [-0.39, 0.29) is 35.6 Å². The molecule has 1 aliphatic rings. The molecule has 1 aliphatic heterocycles. The Morgan fingerprint density at radius 3 is 2.44 bits per heavy atom. The lowest BCUT2D eigenvalue weighted by Crippen LogP contribution is -2.34. The van der Waals surface area contributed by atoms with Gasteiger partial charge in [-0.25, -0.2) is 14.2 Å². The molecule has 0 atom stereocenters. The number of carbonyl (C=O) groups excluding carboxylic acids is 1. The lowest BCUT2D eigenvalue weighted by Gasteiger charge is -2.26. The minimum Gasteiger partial charge on any atom is -0.497 e. The molecule has 1 saturated heterocycles. The van der Waals surface area contributed by atoms with Crippen molar-refractivity contribution in [3.05, 3.63) is 83.3 Å². The van der Waals surface area contributed by atoms with Gasteiger partial charge in [-0.15, -0.1) is 0 Å². The highest BCUT2D eigenvalue weighted by Gasteiger charge is 2.24. The van der Waals surface area contributed by atoms with Gasteiger partial charge >= 0.3 is 6.09 Å². The molecule has 4 aromatic rings. The highest BCUT2D eigenvalue weighted by Crippen LogP contribution is 2.33. The summed E-state index contributed by atoms with van der Waals surface area (Å²) >= 11 is 6.10. The largest absolute Gasteiger partial charge is 0.497 e. The number of benzene rings is 3. The molecular weight excluding hydrogens is 641 g/mol. The normalized spacial score (nSPS) is 13.0. The molecule has 1 N–H and O–H groups in total. The van der Waals surface area contributed by atoms with Crippen LogP contribution in [0.15, 0.2) is 66.9 Å². The van der Waals surface area contributed by atoms with Crippen LogP contribution in [0.3, 0.4) is 0 Å². The first-order valence-electron chi connectivity index (χ1n) is 15.7. The van der Waals surface area contributed by atoms with Crippen LogP contribution in [0.5, 0.6) is 28.7 Å². The number of aromatic nitrogens is 2. The fourth-order valence-electron chi connectivity index (χ4n) is 5.33. The average Bonchev–Trinajstić information content (AvgIpc) is 3.11. The van der Waals surface area contributed by atoms with Crippen LogP contribution in [0.25, 0.3) is 0 Å². The maximum absolute atomic E-state index is 15.0. The molecule has 0 saturated carbocycles. The molecular formula is C35H39ClFN5O6. The van der Waals surface area contributed by atoms with Crippen molar-refractivity contribution in [3.63, 3.8) is 0 Å². The number of amides is 1. The Morgan fingerprint density at radius 2 is 1.69 bits per heavy atom. The molecule has 0 unspecified atom stereocenters. The van der Waals surface area contributed by atoms with Gasteiger partial charge in [0.25, 0.3) is 0 Å². The summed E-state index contributed by atoms with van der Waals surface area (Å²) in [5, 5.41) is 3.43. The van der Waals surface area contributed by atoms with Crippen LogP contribution in [0, 0.1) is 5.82 Å². The molecule has 13 heteroatoms. The summed E-state index contributed by atoms with van der Waals surface area (Å²) in [5.41, 5.74) is 1.03. The fraction of sp³-hybridized carbons (Fsp3) is 0.343. The van der Waals surface area contributed by atoms with Crippen molar-refractivity contribution in [2.45, 2.75) is 32.2 Å². The van der Waals surface area contributed by atoms with E-state index in [0.29, 0.717) is 34.4 Å². The predicted octanol–water partition coefficient (Wildman–Crippen LogP) is 7.50. The Bertz CT molecular complexity index is 1690. The second kappa shape index (κ2) is 16.8. The molecule has 1 aromatic heterocycles. The number of nitrogens with one attached hydrogen (secondary N) is 1. The number of nitrogens with zero attached hydrogens (tertiary/aromatic N) is 4. The van der Waals surface area contributed by atoms with Crippen LogP contribution >= 0.6 is 11.6 Å². The molecule has 0 spiro atoms. The number of likely N-dealkylation sites (tertiary alicyclic amines) is 1. The number of piperidine rings is 1. The molecule has 3 aromatic carbocycles. The van der Waals surface area contributed by atoms with Gasteiger partial charge in [0.2, 0.25) is 5.95 Å². The number of hydrogen-bond acceptors (Lipinski definition) is 10. The first kappa shape index (κ1) is 34.5. The number of anilines is 3. The lowest BCUT2D eigenvalue weighted by atomic mass is 10.1. The molecule has 1 amide bonds. The van der Waals surface area contributed by atoms with E-state index in [4.69, 9.17) is 35.3 Å². The summed E-state index contributed by atoms with van der Waals surface area (Å²) in [5.74, 6) is 1.51. The van der Waals surface area contributed by atoms with Gasteiger partial charge < -0.3 is 33.9 Å². The second-order valence-electron chi connectivity index (χ2n) is 11.0. The number of halogens is 2. The van der Waals surface area contributed by atoms with Crippen molar-refractivity contribution in [2.24, 2.45) is 0 Å². The zero-order valence-corrected chi connectivity index (χ0v) is 28.0. The number of ether oxygens (including phenoxy) is 5. The first-order chi connectivity index (χ1) is 23.4. The van der Waals surface area contributed by atoms with E-state index < -0.39 is 11.9 Å². The van der Waals surface area contributed by atoms with Crippen molar-refractivity contribution in [2.75, 3.05) is 57.8 Å². The van der Waals surface area contributed by atoms with Crippen molar-refractivity contribution in [1.29, 1.82) is 0 Å². The monoisotopic (exact) mass is 679 g/mol. The summed E-state index contributed by atoms with van der Waals surface area (Å²) in [4.78, 5) is 26.3. The third-order valence-corrected chi connectivity index (χ3v) is 8.02. The standard InChI is InChI=1S/C35H39ClFN5O6/c1-44-27-10-13-29(45-2)24(20-27)23-42(35(43)48-31-11-8-25(36)21-32(31)46-3)33-14-15-38-34(40-33)39-26-9-12-30(28(37)22-26)47-19-7-18-41-16-5-4-6-17-41/h8-15,20-22H,4-7,16-19,23H2,1-3H3,(H,38,39,40). The molecule has 5 rings (SSSR count). The van der Waals surface area contributed by atoms with E-state index in [0.717, 1.165) is 26.1 Å². The number of methoxy groups -OCH3 is 3. The Labute approximate surface area is 284 Å². The quantitative estimate of drug-likeness (QED) is 0.135. The van der Waals surface area contributed by atoms with Gasteiger partial charge in [-0.3, -0.25) is 4.90 Å². The maximum atomic E-state index is 15.0. The smallest absolute Gasteiger partial charge is 0.421 e. The number of hydrogen-bond donors (Lipinski definition) is 1. The van der Waals surface area contributed by atoms with Gasteiger partial charge in [0.1, 0.15) is 17.3 Å². The van der Waals surface area contributed by atoms with E-state index in [1.165, 1.54) is 62.8 Å². The Balaban J connectivity index is 1.33. The van der Waals surface area contributed by atoms with Gasteiger partial charge in [-0.1, -0.05) is 18.0 Å². The minimum absolute atomic E-state index is 0.00993. The summed E-state index contributed by atoms with van der Waals surface area (Å²) < 4.78 is 42.8. The highest BCUT2D eigenvalue weighted by molar-refractivity contribution is 6.30. The van der Waals surface area contributed by atoms with Crippen molar-refractivity contribution < 1.29 is 32.9 Å². The van der Waals surface area contributed by atoms with Crippen LogP contribution in [-0.4, -0.2) is 68.5 Å². The second-order valence-corrected chi connectivity index (χ2v) is 11.5.